The summed E-state index contributed by atoms with van der Waals surface area (Å²) in [7, 11) is 3.46. The van der Waals surface area contributed by atoms with Gasteiger partial charge in [0.2, 0.25) is 5.91 Å². The maximum Gasteiger partial charge on any atom is 0.272 e. The Bertz CT molecular complexity index is 845. The Kier molecular flexibility index (Phi) is 6.68. The van der Waals surface area contributed by atoms with E-state index in [1.165, 1.54) is 0 Å². The molecule has 0 saturated carbocycles. The lowest BCUT2D eigenvalue weighted by molar-refractivity contribution is -0.134. The zero-order valence-electron chi connectivity index (χ0n) is 17.5. The molecule has 0 radical (unpaired) electrons. The number of hydrogen-bond acceptors (Lipinski definition) is 5. The Morgan fingerprint density at radius 1 is 1.41 bits per heavy atom. The molecular formula is C20H30N6O3. The lowest BCUT2D eigenvalue weighted by Gasteiger charge is -2.20. The number of rotatable bonds is 8. The molecule has 1 saturated heterocycles. The van der Waals surface area contributed by atoms with E-state index in [1.807, 2.05) is 20.2 Å². The molecule has 158 valence electrons. The molecular weight excluding hydrogens is 372 g/mol. The molecule has 9 nitrogen and oxygen atoms in total. The normalized spacial score (nSPS) is 20.1. The van der Waals surface area contributed by atoms with E-state index in [2.05, 4.69) is 27.5 Å². The summed E-state index contributed by atoms with van der Waals surface area (Å²) in [6.45, 7) is 4.87. The van der Waals surface area contributed by atoms with Crippen LogP contribution in [0.15, 0.2) is 18.5 Å². The number of carbonyl (C=O) groups is 2. The van der Waals surface area contributed by atoms with Crippen molar-refractivity contribution in [1.82, 2.24) is 30.2 Å². The number of nitrogens with one attached hydrogen (secondary N) is 2. The Morgan fingerprint density at radius 2 is 2.21 bits per heavy atom. The molecule has 9 heteroatoms. The molecule has 0 aromatic carbocycles. The van der Waals surface area contributed by atoms with E-state index in [0.717, 1.165) is 24.1 Å². The second-order valence-electron chi connectivity index (χ2n) is 7.75. The first-order valence-electron chi connectivity index (χ1n) is 10.1. The number of ether oxygens (including phenoxy) is 1. The van der Waals surface area contributed by atoms with Crippen LogP contribution in [-0.2, 0) is 29.4 Å². The van der Waals surface area contributed by atoms with E-state index in [4.69, 9.17) is 4.74 Å². The van der Waals surface area contributed by atoms with Crippen LogP contribution in [0.3, 0.4) is 0 Å². The first kappa shape index (κ1) is 21.0. The second-order valence-corrected chi connectivity index (χ2v) is 7.75. The quantitative estimate of drug-likeness (QED) is 0.683. The fourth-order valence-corrected chi connectivity index (χ4v) is 3.78. The van der Waals surface area contributed by atoms with Crippen LogP contribution in [0.2, 0.25) is 0 Å². The summed E-state index contributed by atoms with van der Waals surface area (Å²) in [6.07, 6.45) is 5.91. The van der Waals surface area contributed by atoms with Crippen LogP contribution in [0.1, 0.15) is 42.0 Å². The van der Waals surface area contributed by atoms with Crippen molar-refractivity contribution in [3.05, 3.63) is 35.4 Å². The highest BCUT2D eigenvalue weighted by Crippen LogP contribution is 2.19. The van der Waals surface area contributed by atoms with Crippen molar-refractivity contribution in [2.45, 2.75) is 45.3 Å². The van der Waals surface area contributed by atoms with Crippen LogP contribution in [0.4, 0.5) is 0 Å². The van der Waals surface area contributed by atoms with Gasteiger partial charge in [-0.15, -0.1) is 0 Å². The molecule has 2 aromatic rings. The van der Waals surface area contributed by atoms with Gasteiger partial charge in [-0.25, -0.2) is 0 Å². The average molecular weight is 402 g/mol. The zero-order valence-corrected chi connectivity index (χ0v) is 17.5. The first-order chi connectivity index (χ1) is 13.9. The maximum atomic E-state index is 12.9. The molecule has 2 amide bonds. The van der Waals surface area contributed by atoms with Gasteiger partial charge in [-0.05, 0) is 24.5 Å². The molecule has 1 aliphatic heterocycles. The summed E-state index contributed by atoms with van der Waals surface area (Å²) in [5.74, 6) is -0.375. The van der Waals surface area contributed by atoms with Crippen LogP contribution in [0, 0.1) is 5.92 Å². The minimum absolute atomic E-state index is 0.0534. The SMILES string of the molecule is CCCc1cc(C(=O)N[C@@H]2CN(C(=O)C(C)Cc3cnn(C)c3)C[C@H]2OC)n[nH]1. The molecule has 2 aromatic heterocycles. The molecule has 3 heterocycles. The highest BCUT2D eigenvalue weighted by atomic mass is 16.5. The number of carbonyl (C=O) groups excluding carboxylic acids is 2. The molecule has 1 aliphatic rings. The fourth-order valence-electron chi connectivity index (χ4n) is 3.78. The van der Waals surface area contributed by atoms with Gasteiger partial charge < -0.3 is 15.0 Å². The van der Waals surface area contributed by atoms with Gasteiger partial charge in [0.15, 0.2) is 0 Å². The number of aryl methyl sites for hydroxylation is 2. The number of hydrogen-bond donors (Lipinski definition) is 2. The smallest absolute Gasteiger partial charge is 0.272 e. The molecule has 0 bridgehead atoms. The molecule has 0 aliphatic carbocycles. The number of H-pyrrole nitrogens is 1. The third-order valence-electron chi connectivity index (χ3n) is 5.30. The molecule has 1 unspecified atom stereocenters. The third-order valence-corrected chi connectivity index (χ3v) is 5.30. The number of aromatic nitrogens is 4. The largest absolute Gasteiger partial charge is 0.377 e. The van der Waals surface area contributed by atoms with Gasteiger partial charge in [-0.3, -0.25) is 19.4 Å². The lowest BCUT2D eigenvalue weighted by Crippen LogP contribution is -2.44. The Labute approximate surface area is 170 Å². The average Bonchev–Trinajstić information content (AvgIpc) is 3.41. The molecule has 0 spiro atoms. The highest BCUT2D eigenvalue weighted by Gasteiger charge is 2.38. The molecule has 2 N–H and O–H groups in total. The third kappa shape index (κ3) is 5.03. The van der Waals surface area contributed by atoms with Gasteiger partial charge in [0.05, 0.1) is 18.3 Å². The molecule has 29 heavy (non-hydrogen) atoms. The highest BCUT2D eigenvalue weighted by molar-refractivity contribution is 5.92. The molecule has 3 atom stereocenters. The number of methoxy groups -OCH3 is 1. The van der Waals surface area contributed by atoms with E-state index in [9.17, 15) is 9.59 Å². The number of amides is 2. The van der Waals surface area contributed by atoms with E-state index in [0.29, 0.717) is 25.2 Å². The zero-order chi connectivity index (χ0) is 21.0. The lowest BCUT2D eigenvalue weighted by atomic mass is 10.0. The van der Waals surface area contributed by atoms with Gasteiger partial charge in [-0.1, -0.05) is 20.3 Å². The summed E-state index contributed by atoms with van der Waals surface area (Å²) in [4.78, 5) is 27.3. The van der Waals surface area contributed by atoms with Crippen molar-refractivity contribution >= 4 is 11.8 Å². The van der Waals surface area contributed by atoms with Crippen molar-refractivity contribution in [2.75, 3.05) is 20.2 Å². The van der Waals surface area contributed by atoms with Crippen molar-refractivity contribution in [3.8, 4) is 0 Å². The van der Waals surface area contributed by atoms with Gasteiger partial charge in [0.25, 0.3) is 5.91 Å². The number of aromatic amines is 1. The predicted octanol–water partition coefficient (Wildman–Crippen LogP) is 0.930. The topological polar surface area (TPSA) is 105 Å². The van der Waals surface area contributed by atoms with Crippen LogP contribution >= 0.6 is 0 Å². The minimum Gasteiger partial charge on any atom is -0.377 e. The summed E-state index contributed by atoms with van der Waals surface area (Å²) >= 11 is 0. The number of likely N-dealkylation sites (tertiary alicyclic amines) is 1. The van der Waals surface area contributed by atoms with Crippen LogP contribution in [0.25, 0.3) is 0 Å². The van der Waals surface area contributed by atoms with Crippen LogP contribution < -0.4 is 5.32 Å². The summed E-state index contributed by atoms with van der Waals surface area (Å²) in [5.41, 5.74) is 2.33. The van der Waals surface area contributed by atoms with Crippen molar-refractivity contribution in [2.24, 2.45) is 13.0 Å². The number of nitrogens with zero attached hydrogens (tertiary/aromatic N) is 4. The van der Waals surface area contributed by atoms with Gasteiger partial charge in [0.1, 0.15) is 5.69 Å². The van der Waals surface area contributed by atoms with E-state index >= 15 is 0 Å². The monoisotopic (exact) mass is 402 g/mol. The van der Waals surface area contributed by atoms with E-state index < -0.39 is 0 Å². The van der Waals surface area contributed by atoms with Crippen molar-refractivity contribution in [3.63, 3.8) is 0 Å². The Balaban J connectivity index is 1.59. The van der Waals surface area contributed by atoms with Crippen molar-refractivity contribution < 1.29 is 14.3 Å². The molecule has 3 rings (SSSR count). The fraction of sp³-hybridized carbons (Fsp3) is 0.600. The summed E-state index contributed by atoms with van der Waals surface area (Å²) in [5, 5.41) is 14.1. The van der Waals surface area contributed by atoms with E-state index in [-0.39, 0.29) is 29.9 Å². The minimum atomic E-state index is -0.270. The Morgan fingerprint density at radius 3 is 2.86 bits per heavy atom. The van der Waals surface area contributed by atoms with Crippen molar-refractivity contribution in [1.29, 1.82) is 0 Å². The summed E-state index contributed by atoms with van der Waals surface area (Å²) in [6, 6.07) is 1.50. The predicted molar refractivity (Wildman–Crippen MR) is 107 cm³/mol. The summed E-state index contributed by atoms with van der Waals surface area (Å²) < 4.78 is 7.27. The van der Waals surface area contributed by atoms with Crippen LogP contribution in [-0.4, -0.2) is 69.0 Å². The van der Waals surface area contributed by atoms with Gasteiger partial charge in [0, 0.05) is 45.1 Å². The first-order valence-corrected chi connectivity index (χ1v) is 10.1. The molecule has 1 fully saturated rings. The second kappa shape index (κ2) is 9.21. The van der Waals surface area contributed by atoms with Crippen LogP contribution in [0.5, 0.6) is 0 Å². The van der Waals surface area contributed by atoms with Gasteiger partial charge >= 0.3 is 0 Å². The standard InChI is InChI=1S/C20H30N6O3/c1-5-6-15-8-16(24-23-15)19(27)22-17-11-26(12-18(17)29-4)20(28)13(2)7-14-9-21-25(3)10-14/h8-10,13,17-18H,5-7,11-12H2,1-4H3,(H,22,27)(H,23,24)/t13?,17-,18-/m1/s1. The van der Waals surface area contributed by atoms with E-state index in [1.54, 1.807) is 29.0 Å². The maximum absolute atomic E-state index is 12.9. The Hall–Kier alpha value is -2.68. The van der Waals surface area contributed by atoms with Gasteiger partial charge in [-0.2, -0.15) is 10.2 Å².